The van der Waals surface area contributed by atoms with E-state index in [4.69, 9.17) is 0 Å². The largest absolute Gasteiger partial charge is 0.393 e. The number of rotatable bonds is 5. The fraction of sp³-hybridized carbons (Fsp3) is 0.926. The Hall–Kier alpha value is -0.340. The van der Waals surface area contributed by atoms with Gasteiger partial charge in [0.15, 0.2) is 0 Å². The van der Waals surface area contributed by atoms with Gasteiger partial charge in [0.25, 0.3) is 0 Å². The van der Waals surface area contributed by atoms with E-state index in [2.05, 4.69) is 40.7 Å². The van der Waals surface area contributed by atoms with E-state index in [1.165, 1.54) is 38.5 Å². The molecule has 0 aromatic heterocycles. The highest BCUT2D eigenvalue weighted by Crippen LogP contribution is 2.67. The molecule has 4 rings (SSSR count). The predicted molar refractivity (Wildman–Crippen MR) is 120 cm³/mol. The predicted octanol–water partition coefficient (Wildman–Crippen LogP) is 6.36. The number of aliphatic hydroxyl groups is 2. The number of fused-ring (bicyclic) bond motifs is 5. The van der Waals surface area contributed by atoms with E-state index in [1.54, 1.807) is 5.57 Å². The second-order valence-corrected chi connectivity index (χ2v) is 12.3. The summed E-state index contributed by atoms with van der Waals surface area (Å²) in [6.45, 7) is 12.1. The lowest BCUT2D eigenvalue weighted by Gasteiger charge is -2.58. The molecule has 0 amide bonds. The van der Waals surface area contributed by atoms with Crippen molar-refractivity contribution in [3.05, 3.63) is 11.6 Å². The molecule has 0 aliphatic heterocycles. The maximum atomic E-state index is 11.2. The molecule has 0 radical (unpaired) electrons. The van der Waals surface area contributed by atoms with Gasteiger partial charge in [0.2, 0.25) is 0 Å². The Kier molecular flexibility index (Phi) is 6.01. The molecule has 4 aliphatic carbocycles. The number of aliphatic hydroxyl groups excluding tert-OH is 2. The Morgan fingerprint density at radius 1 is 1.03 bits per heavy atom. The van der Waals surface area contributed by atoms with Crippen molar-refractivity contribution in [3.8, 4) is 0 Å². The third-order valence-corrected chi connectivity index (χ3v) is 10.2. The average molecular weight is 403 g/mol. The molecule has 2 N–H and O–H groups in total. The van der Waals surface area contributed by atoms with Crippen molar-refractivity contribution in [3.63, 3.8) is 0 Å². The molecule has 0 spiro atoms. The minimum Gasteiger partial charge on any atom is -0.393 e. The summed E-state index contributed by atoms with van der Waals surface area (Å²) in [6, 6.07) is 0. The molecule has 1 unspecified atom stereocenters. The van der Waals surface area contributed by atoms with Gasteiger partial charge in [-0.1, -0.05) is 65.5 Å². The molecule has 0 saturated heterocycles. The zero-order valence-electron chi connectivity index (χ0n) is 19.7. The summed E-state index contributed by atoms with van der Waals surface area (Å²) < 4.78 is 0. The lowest BCUT2D eigenvalue weighted by Crippen LogP contribution is -2.51. The molecule has 2 heteroatoms. The van der Waals surface area contributed by atoms with Gasteiger partial charge in [-0.05, 0) is 91.3 Å². The summed E-state index contributed by atoms with van der Waals surface area (Å²) in [6.07, 6.45) is 14.0. The van der Waals surface area contributed by atoms with Crippen LogP contribution in [0.1, 0.15) is 98.8 Å². The molecule has 4 aliphatic rings. The van der Waals surface area contributed by atoms with E-state index in [0.29, 0.717) is 28.6 Å². The standard InChI is InChI=1S/C27H46O2/c1-17(2)7-6-8-18(3)25-24(29)16-23-21-10-9-19-15-20(28)11-13-26(19,4)22(21)12-14-27(23,25)5/h9,17-18,20-25,28-29H,6-8,10-16H2,1-5H3/t18-,20-,21+,22-,23-,24?,25-,26-,27-/m0/s1. The zero-order chi connectivity index (χ0) is 21.0. The van der Waals surface area contributed by atoms with Crippen LogP contribution in [0.4, 0.5) is 0 Å². The van der Waals surface area contributed by atoms with Crippen LogP contribution in [-0.2, 0) is 0 Å². The van der Waals surface area contributed by atoms with Crippen molar-refractivity contribution in [2.24, 2.45) is 46.3 Å². The zero-order valence-corrected chi connectivity index (χ0v) is 19.7. The smallest absolute Gasteiger partial charge is 0.0579 e. The second kappa shape index (κ2) is 7.97. The third kappa shape index (κ3) is 3.65. The highest BCUT2D eigenvalue weighted by atomic mass is 16.3. The van der Waals surface area contributed by atoms with E-state index in [9.17, 15) is 10.2 Å². The minimum absolute atomic E-state index is 0.107. The summed E-state index contributed by atoms with van der Waals surface area (Å²) in [5, 5.41) is 21.4. The first-order valence-corrected chi connectivity index (χ1v) is 12.7. The molecule has 9 atom stereocenters. The van der Waals surface area contributed by atoms with Crippen molar-refractivity contribution in [2.45, 2.75) is 111 Å². The maximum absolute atomic E-state index is 11.2. The monoisotopic (exact) mass is 402 g/mol. The molecule has 0 aromatic rings. The molecule has 0 bridgehead atoms. The van der Waals surface area contributed by atoms with Gasteiger partial charge in [0, 0.05) is 0 Å². The minimum atomic E-state index is -0.121. The Morgan fingerprint density at radius 3 is 2.52 bits per heavy atom. The van der Waals surface area contributed by atoms with Gasteiger partial charge in [-0.2, -0.15) is 0 Å². The van der Waals surface area contributed by atoms with Crippen LogP contribution < -0.4 is 0 Å². The van der Waals surface area contributed by atoms with Crippen molar-refractivity contribution >= 4 is 0 Å². The van der Waals surface area contributed by atoms with Gasteiger partial charge in [-0.3, -0.25) is 0 Å². The quantitative estimate of drug-likeness (QED) is 0.525. The summed E-state index contributed by atoms with van der Waals surface area (Å²) >= 11 is 0. The van der Waals surface area contributed by atoms with Crippen molar-refractivity contribution in [1.29, 1.82) is 0 Å². The van der Waals surface area contributed by atoms with Crippen molar-refractivity contribution < 1.29 is 10.2 Å². The first kappa shape index (κ1) is 21.9. The number of hydrogen-bond acceptors (Lipinski definition) is 2. The summed E-state index contributed by atoms with van der Waals surface area (Å²) in [5.41, 5.74) is 2.17. The van der Waals surface area contributed by atoms with Crippen LogP contribution in [0.15, 0.2) is 11.6 Å². The molecule has 29 heavy (non-hydrogen) atoms. The van der Waals surface area contributed by atoms with E-state index in [-0.39, 0.29) is 12.2 Å². The molecule has 3 saturated carbocycles. The molecular weight excluding hydrogens is 356 g/mol. The third-order valence-electron chi connectivity index (χ3n) is 10.2. The van der Waals surface area contributed by atoms with Gasteiger partial charge in [0.05, 0.1) is 12.2 Å². The fourth-order valence-electron chi connectivity index (χ4n) is 8.75. The highest BCUT2D eigenvalue weighted by Gasteiger charge is 2.61. The van der Waals surface area contributed by atoms with Crippen LogP contribution in [-0.4, -0.2) is 22.4 Å². The van der Waals surface area contributed by atoms with Gasteiger partial charge >= 0.3 is 0 Å². The van der Waals surface area contributed by atoms with Gasteiger partial charge in [-0.15, -0.1) is 0 Å². The fourth-order valence-corrected chi connectivity index (χ4v) is 8.75. The number of hydrogen-bond donors (Lipinski definition) is 2. The SMILES string of the molecule is CC(C)CCC[C@H](C)[C@H]1C(O)C[C@H]2[C@@H]3CC=C4C[C@@H](O)CC[C@]4(C)[C@H]3CC[C@]12C. The van der Waals surface area contributed by atoms with Crippen molar-refractivity contribution in [1.82, 2.24) is 0 Å². The van der Waals surface area contributed by atoms with Crippen LogP contribution in [0.5, 0.6) is 0 Å². The van der Waals surface area contributed by atoms with Crippen LogP contribution in [0.25, 0.3) is 0 Å². The number of allylic oxidation sites excluding steroid dienone is 1. The van der Waals surface area contributed by atoms with Gasteiger partial charge in [-0.25, -0.2) is 0 Å². The lowest BCUT2D eigenvalue weighted by atomic mass is 9.47. The van der Waals surface area contributed by atoms with Crippen LogP contribution in [0.2, 0.25) is 0 Å². The summed E-state index contributed by atoms with van der Waals surface area (Å²) in [5.74, 6) is 4.07. The average Bonchev–Trinajstić information content (AvgIpc) is 2.92. The first-order valence-electron chi connectivity index (χ1n) is 12.7. The van der Waals surface area contributed by atoms with Gasteiger partial charge < -0.3 is 10.2 Å². The topological polar surface area (TPSA) is 40.5 Å². The van der Waals surface area contributed by atoms with Crippen molar-refractivity contribution in [2.75, 3.05) is 0 Å². The lowest BCUT2D eigenvalue weighted by molar-refractivity contribution is -0.0620. The van der Waals surface area contributed by atoms with Crippen LogP contribution in [0, 0.1) is 46.3 Å². The van der Waals surface area contributed by atoms with E-state index in [1.807, 2.05) is 0 Å². The maximum Gasteiger partial charge on any atom is 0.0579 e. The Balaban J connectivity index is 1.53. The molecule has 166 valence electrons. The second-order valence-electron chi connectivity index (χ2n) is 12.3. The van der Waals surface area contributed by atoms with Crippen LogP contribution in [0.3, 0.4) is 0 Å². The molecule has 3 fully saturated rings. The normalized spacial score (nSPS) is 47.9. The van der Waals surface area contributed by atoms with E-state index in [0.717, 1.165) is 43.4 Å². The Morgan fingerprint density at radius 2 is 1.79 bits per heavy atom. The molecular formula is C27H46O2. The summed E-state index contributed by atoms with van der Waals surface area (Å²) in [4.78, 5) is 0. The summed E-state index contributed by atoms with van der Waals surface area (Å²) in [7, 11) is 0. The first-order chi connectivity index (χ1) is 13.7. The Bertz CT molecular complexity index is 624. The Labute approximate surface area is 179 Å². The molecule has 0 heterocycles. The molecule has 2 nitrogen and oxygen atoms in total. The molecule has 0 aromatic carbocycles. The highest BCUT2D eigenvalue weighted by molar-refractivity contribution is 5.25. The van der Waals surface area contributed by atoms with Gasteiger partial charge in [0.1, 0.15) is 0 Å². The van der Waals surface area contributed by atoms with E-state index >= 15 is 0 Å². The van der Waals surface area contributed by atoms with Crippen LogP contribution >= 0.6 is 0 Å². The van der Waals surface area contributed by atoms with E-state index < -0.39 is 0 Å².